The molecule has 0 saturated heterocycles. The summed E-state index contributed by atoms with van der Waals surface area (Å²) in [7, 11) is -2.19. The minimum Gasteiger partial charge on any atom is -0.493 e. The number of nitrogen functional groups attached to an aromatic ring is 1. The number of nitrogens with one attached hydrogen (secondary N) is 1. The Morgan fingerprint density at radius 3 is 2.46 bits per heavy atom. The molecule has 0 aliphatic carbocycles. The lowest BCUT2D eigenvalue weighted by molar-refractivity contribution is 0.415. The molecule has 0 saturated carbocycles. The molecule has 0 spiro atoms. The number of rotatable bonds is 4. The van der Waals surface area contributed by atoms with E-state index in [4.69, 9.17) is 15.6 Å². The Morgan fingerprint density at radius 2 is 1.83 bits per heavy atom. The highest BCUT2D eigenvalue weighted by Gasteiger charge is 2.13. The van der Waals surface area contributed by atoms with Crippen LogP contribution < -0.4 is 20.9 Å². The third kappa shape index (κ3) is 2.97. The van der Waals surface area contributed by atoms with Gasteiger partial charge in [-0.25, -0.2) is 13.6 Å². The predicted octanol–water partition coefficient (Wildman–Crippen LogP) is 2.22. The average Bonchev–Trinajstić information content (AvgIpc) is 2.55. The molecule has 1 aromatic heterocycles. The standard InChI is InChI=1S/C16H16N4O3S/c1-23-14-9-19-13-4-2-3-12(17)15(13)16(14)20-10-5-7-11(8-6-10)24(18,21)22/h2-9H,17H2,1H3,(H,19,20)(H2,18,21,22). The van der Waals surface area contributed by atoms with Gasteiger partial charge in [-0.05, 0) is 36.4 Å². The predicted molar refractivity (Wildman–Crippen MR) is 93.8 cm³/mol. The summed E-state index contributed by atoms with van der Waals surface area (Å²) in [4.78, 5) is 4.36. The zero-order valence-electron chi connectivity index (χ0n) is 12.9. The van der Waals surface area contributed by atoms with Gasteiger partial charge in [-0.1, -0.05) is 6.07 Å². The van der Waals surface area contributed by atoms with Crippen LogP contribution in [0.25, 0.3) is 10.9 Å². The zero-order valence-corrected chi connectivity index (χ0v) is 13.7. The first-order chi connectivity index (χ1) is 11.4. The number of methoxy groups -OCH3 is 1. The van der Waals surface area contributed by atoms with Crippen molar-refractivity contribution in [3.63, 3.8) is 0 Å². The van der Waals surface area contributed by atoms with Gasteiger partial charge < -0.3 is 15.8 Å². The summed E-state index contributed by atoms with van der Waals surface area (Å²) in [5.74, 6) is 0.524. The zero-order chi connectivity index (χ0) is 17.3. The van der Waals surface area contributed by atoms with Crippen molar-refractivity contribution in [2.75, 3.05) is 18.2 Å². The van der Waals surface area contributed by atoms with Gasteiger partial charge in [0.1, 0.15) is 0 Å². The number of ether oxygens (including phenoxy) is 1. The topological polar surface area (TPSA) is 120 Å². The van der Waals surface area contributed by atoms with Gasteiger partial charge in [-0.2, -0.15) is 0 Å². The molecular formula is C16H16N4O3S. The van der Waals surface area contributed by atoms with Gasteiger partial charge >= 0.3 is 0 Å². The van der Waals surface area contributed by atoms with Crippen LogP contribution in [-0.2, 0) is 10.0 Å². The lowest BCUT2D eigenvalue weighted by Gasteiger charge is -2.15. The number of sulfonamides is 1. The Morgan fingerprint density at radius 1 is 1.12 bits per heavy atom. The molecule has 0 fully saturated rings. The first-order valence-corrected chi connectivity index (χ1v) is 8.56. The van der Waals surface area contributed by atoms with E-state index in [1.807, 2.05) is 12.1 Å². The summed E-state index contributed by atoms with van der Waals surface area (Å²) >= 11 is 0. The van der Waals surface area contributed by atoms with Crippen molar-refractivity contribution in [2.24, 2.45) is 5.14 Å². The second-order valence-corrected chi connectivity index (χ2v) is 6.70. The molecule has 1 heterocycles. The molecule has 0 unspecified atom stereocenters. The molecule has 3 aromatic rings. The van der Waals surface area contributed by atoms with Crippen molar-refractivity contribution >= 4 is 38.0 Å². The largest absolute Gasteiger partial charge is 0.493 e. The van der Waals surface area contributed by atoms with Crippen LogP contribution in [0.5, 0.6) is 5.75 Å². The van der Waals surface area contributed by atoms with Gasteiger partial charge in [0.15, 0.2) is 5.75 Å². The normalized spacial score (nSPS) is 11.4. The average molecular weight is 344 g/mol. The van der Waals surface area contributed by atoms with Gasteiger partial charge in [0.25, 0.3) is 0 Å². The Bertz CT molecular complexity index is 1000. The minimum atomic E-state index is -3.73. The number of anilines is 3. The van der Waals surface area contributed by atoms with E-state index in [-0.39, 0.29) is 4.90 Å². The van der Waals surface area contributed by atoms with Crippen molar-refractivity contribution < 1.29 is 13.2 Å². The first kappa shape index (κ1) is 16.0. The Hall–Kier alpha value is -2.84. The molecule has 0 atom stereocenters. The molecule has 0 aliphatic heterocycles. The molecular weight excluding hydrogens is 328 g/mol. The van der Waals surface area contributed by atoms with Gasteiger partial charge in [0, 0.05) is 11.4 Å². The van der Waals surface area contributed by atoms with Crippen LogP contribution in [0, 0.1) is 0 Å². The van der Waals surface area contributed by atoms with E-state index in [9.17, 15) is 8.42 Å². The number of pyridine rings is 1. The highest BCUT2D eigenvalue weighted by atomic mass is 32.2. The highest BCUT2D eigenvalue weighted by molar-refractivity contribution is 7.89. The second kappa shape index (κ2) is 5.99. The van der Waals surface area contributed by atoms with E-state index in [2.05, 4.69) is 10.3 Å². The number of hydrogen-bond acceptors (Lipinski definition) is 6. The van der Waals surface area contributed by atoms with Crippen LogP contribution in [0.3, 0.4) is 0 Å². The number of aromatic nitrogens is 1. The lowest BCUT2D eigenvalue weighted by Crippen LogP contribution is -2.11. The molecule has 5 N–H and O–H groups in total. The number of benzene rings is 2. The monoisotopic (exact) mass is 344 g/mol. The highest BCUT2D eigenvalue weighted by Crippen LogP contribution is 2.37. The summed E-state index contributed by atoms with van der Waals surface area (Å²) in [6.07, 6.45) is 1.60. The van der Waals surface area contributed by atoms with Crippen molar-refractivity contribution in [3.05, 3.63) is 48.7 Å². The van der Waals surface area contributed by atoms with Gasteiger partial charge in [-0.3, -0.25) is 4.98 Å². The fraction of sp³-hybridized carbons (Fsp3) is 0.0625. The molecule has 0 radical (unpaired) electrons. The SMILES string of the molecule is COc1cnc2cccc(N)c2c1Nc1ccc(S(N)(=O)=O)cc1. The molecule has 24 heavy (non-hydrogen) atoms. The summed E-state index contributed by atoms with van der Waals surface area (Å²) < 4.78 is 28.0. The van der Waals surface area contributed by atoms with Crippen LogP contribution in [0.15, 0.2) is 53.6 Å². The van der Waals surface area contributed by atoms with Gasteiger partial charge in [0.05, 0.1) is 34.8 Å². The van der Waals surface area contributed by atoms with Crippen LogP contribution in [0.2, 0.25) is 0 Å². The van der Waals surface area contributed by atoms with Crippen LogP contribution >= 0.6 is 0 Å². The maximum absolute atomic E-state index is 11.3. The summed E-state index contributed by atoms with van der Waals surface area (Å²) in [6, 6.07) is 11.5. The molecule has 7 nitrogen and oxygen atoms in total. The van der Waals surface area contributed by atoms with E-state index in [1.165, 1.54) is 19.2 Å². The minimum absolute atomic E-state index is 0.0408. The lowest BCUT2D eigenvalue weighted by atomic mass is 10.1. The van der Waals surface area contributed by atoms with Crippen molar-refractivity contribution in [1.29, 1.82) is 0 Å². The number of fused-ring (bicyclic) bond motifs is 1. The molecule has 124 valence electrons. The third-order valence-electron chi connectivity index (χ3n) is 3.56. The maximum atomic E-state index is 11.3. The Balaban J connectivity index is 2.09. The first-order valence-electron chi connectivity index (χ1n) is 7.01. The fourth-order valence-electron chi connectivity index (χ4n) is 2.40. The molecule has 0 amide bonds. The number of primary sulfonamides is 1. The molecule has 0 aliphatic rings. The van der Waals surface area contributed by atoms with E-state index >= 15 is 0 Å². The van der Waals surface area contributed by atoms with Crippen LogP contribution in [0.4, 0.5) is 17.1 Å². The Kier molecular flexibility index (Phi) is 4.00. The van der Waals surface area contributed by atoms with Crippen molar-refractivity contribution in [3.8, 4) is 5.75 Å². The van der Waals surface area contributed by atoms with Crippen molar-refractivity contribution in [2.45, 2.75) is 4.90 Å². The maximum Gasteiger partial charge on any atom is 0.238 e. The quantitative estimate of drug-likeness (QED) is 0.624. The van der Waals surface area contributed by atoms with Crippen LogP contribution in [-0.4, -0.2) is 20.5 Å². The second-order valence-electron chi connectivity index (χ2n) is 5.14. The van der Waals surface area contributed by atoms with Crippen molar-refractivity contribution in [1.82, 2.24) is 4.98 Å². The van der Waals surface area contributed by atoms with E-state index < -0.39 is 10.0 Å². The summed E-state index contributed by atoms with van der Waals surface area (Å²) in [5.41, 5.74) is 8.68. The summed E-state index contributed by atoms with van der Waals surface area (Å²) in [6.45, 7) is 0. The molecule has 0 bridgehead atoms. The molecule has 3 rings (SSSR count). The third-order valence-corrected chi connectivity index (χ3v) is 4.49. The number of nitrogens with zero attached hydrogens (tertiary/aromatic N) is 1. The number of nitrogens with two attached hydrogens (primary N) is 2. The fourth-order valence-corrected chi connectivity index (χ4v) is 2.92. The van der Waals surface area contributed by atoms with Gasteiger partial charge in [0.2, 0.25) is 10.0 Å². The summed E-state index contributed by atoms with van der Waals surface area (Å²) in [5, 5.41) is 9.04. The Labute approximate surface area is 139 Å². The smallest absolute Gasteiger partial charge is 0.238 e. The molecule has 8 heteroatoms. The van der Waals surface area contributed by atoms with Gasteiger partial charge in [-0.15, -0.1) is 0 Å². The van der Waals surface area contributed by atoms with Crippen LogP contribution in [0.1, 0.15) is 0 Å². The molecule has 2 aromatic carbocycles. The van der Waals surface area contributed by atoms with E-state index in [1.54, 1.807) is 24.4 Å². The van der Waals surface area contributed by atoms with E-state index in [0.717, 1.165) is 10.9 Å². The number of hydrogen-bond donors (Lipinski definition) is 3. The van der Waals surface area contributed by atoms with E-state index in [0.29, 0.717) is 22.8 Å².